The highest BCUT2D eigenvalue weighted by atomic mass is 35.5. The predicted molar refractivity (Wildman–Crippen MR) is 61.0 cm³/mol. The Balaban J connectivity index is 2.81. The number of aliphatic hydroxyl groups excluding tert-OH is 1. The summed E-state index contributed by atoms with van der Waals surface area (Å²) in [5.74, 6) is 0. The molecule has 3 nitrogen and oxygen atoms in total. The quantitative estimate of drug-likeness (QED) is 0.826. The van der Waals surface area contributed by atoms with E-state index in [0.717, 1.165) is 5.69 Å². The molecule has 4 heteroatoms. The Kier molecular flexibility index (Phi) is 4.41. The molecule has 0 aliphatic carbocycles. The van der Waals surface area contributed by atoms with Crippen LogP contribution in [0.25, 0.3) is 0 Å². The second-order valence-corrected chi connectivity index (χ2v) is 3.80. The summed E-state index contributed by atoms with van der Waals surface area (Å²) in [6, 6.07) is 7.33. The predicted octanol–water partition coefficient (Wildman–Crippen LogP) is 2.39. The first kappa shape index (κ1) is 11.8. The molecule has 0 aliphatic heterocycles. The van der Waals surface area contributed by atoms with Gasteiger partial charge in [0.1, 0.15) is 6.07 Å². The molecule has 0 aliphatic rings. The Morgan fingerprint density at radius 1 is 1.60 bits per heavy atom. The van der Waals surface area contributed by atoms with Crippen molar-refractivity contribution in [2.24, 2.45) is 0 Å². The van der Waals surface area contributed by atoms with Gasteiger partial charge in [-0.25, -0.2) is 0 Å². The third-order valence-electron chi connectivity index (χ3n) is 2.07. The Labute approximate surface area is 94.3 Å². The largest absolute Gasteiger partial charge is 0.396 e. The minimum Gasteiger partial charge on any atom is -0.396 e. The van der Waals surface area contributed by atoms with Crippen molar-refractivity contribution in [2.75, 3.05) is 11.9 Å². The molecule has 0 aromatic heterocycles. The zero-order chi connectivity index (χ0) is 11.3. The molecule has 15 heavy (non-hydrogen) atoms. The van der Waals surface area contributed by atoms with Crippen LogP contribution in [-0.4, -0.2) is 17.8 Å². The van der Waals surface area contributed by atoms with E-state index in [1.165, 1.54) is 0 Å². The van der Waals surface area contributed by atoms with Crippen LogP contribution in [0.1, 0.15) is 18.9 Å². The fourth-order valence-corrected chi connectivity index (χ4v) is 1.44. The minimum atomic E-state index is 0.128. The molecule has 80 valence electrons. The van der Waals surface area contributed by atoms with Gasteiger partial charge in [0.25, 0.3) is 0 Å². The van der Waals surface area contributed by atoms with E-state index >= 15 is 0 Å². The van der Waals surface area contributed by atoms with Crippen LogP contribution in [0.15, 0.2) is 18.2 Å². The standard InChI is InChI=1S/C11H13ClN2O/c1-8(4-5-15)14-11-3-2-10(12)6-9(11)7-13/h2-3,6,8,14-15H,4-5H2,1H3/t8-/m1/s1. The maximum atomic E-state index is 8.89. The second kappa shape index (κ2) is 5.59. The molecule has 0 fully saturated rings. The van der Waals surface area contributed by atoms with Crippen molar-refractivity contribution in [1.82, 2.24) is 0 Å². The minimum absolute atomic E-state index is 0.128. The first-order valence-electron chi connectivity index (χ1n) is 4.74. The third kappa shape index (κ3) is 3.43. The first-order valence-corrected chi connectivity index (χ1v) is 5.12. The molecular weight excluding hydrogens is 212 g/mol. The number of hydrogen-bond donors (Lipinski definition) is 2. The second-order valence-electron chi connectivity index (χ2n) is 3.36. The molecule has 0 radical (unpaired) electrons. The van der Waals surface area contributed by atoms with Crippen molar-refractivity contribution < 1.29 is 5.11 Å². The van der Waals surface area contributed by atoms with Crippen molar-refractivity contribution in [3.8, 4) is 6.07 Å². The van der Waals surface area contributed by atoms with Crippen LogP contribution >= 0.6 is 11.6 Å². The van der Waals surface area contributed by atoms with Crippen LogP contribution in [0.3, 0.4) is 0 Å². The molecule has 0 saturated heterocycles. The molecule has 1 atom stereocenters. The number of aliphatic hydroxyl groups is 1. The van der Waals surface area contributed by atoms with Crippen molar-refractivity contribution >= 4 is 17.3 Å². The molecule has 1 aromatic rings. The Morgan fingerprint density at radius 2 is 2.33 bits per heavy atom. The number of nitrogens with zero attached hydrogens (tertiary/aromatic N) is 1. The average Bonchev–Trinajstić information content (AvgIpc) is 2.21. The fraction of sp³-hybridized carbons (Fsp3) is 0.364. The van der Waals surface area contributed by atoms with Gasteiger partial charge in [-0.15, -0.1) is 0 Å². The van der Waals surface area contributed by atoms with Gasteiger partial charge in [-0.2, -0.15) is 5.26 Å². The molecule has 0 heterocycles. The van der Waals surface area contributed by atoms with E-state index < -0.39 is 0 Å². The van der Waals surface area contributed by atoms with Gasteiger partial charge >= 0.3 is 0 Å². The zero-order valence-corrected chi connectivity index (χ0v) is 9.25. The number of benzene rings is 1. The van der Waals surface area contributed by atoms with Gasteiger partial charge in [-0.05, 0) is 31.5 Å². The average molecular weight is 225 g/mol. The summed E-state index contributed by atoms with van der Waals surface area (Å²) in [6.45, 7) is 2.08. The number of hydrogen-bond acceptors (Lipinski definition) is 3. The normalized spacial score (nSPS) is 11.9. The molecule has 0 unspecified atom stereocenters. The summed E-state index contributed by atoms with van der Waals surface area (Å²) in [7, 11) is 0. The smallest absolute Gasteiger partial charge is 0.101 e. The van der Waals surface area contributed by atoms with Gasteiger partial charge < -0.3 is 10.4 Å². The Morgan fingerprint density at radius 3 is 2.93 bits per heavy atom. The SMILES string of the molecule is C[C@H](CCO)Nc1ccc(Cl)cc1C#N. The number of nitrogens with one attached hydrogen (secondary N) is 1. The summed E-state index contributed by atoms with van der Waals surface area (Å²) in [4.78, 5) is 0. The number of nitriles is 1. The lowest BCUT2D eigenvalue weighted by Crippen LogP contribution is -2.17. The lowest BCUT2D eigenvalue weighted by atomic mass is 10.1. The lowest BCUT2D eigenvalue weighted by Gasteiger charge is -2.14. The summed E-state index contributed by atoms with van der Waals surface area (Å²) < 4.78 is 0. The highest BCUT2D eigenvalue weighted by Gasteiger charge is 2.06. The summed E-state index contributed by atoms with van der Waals surface area (Å²) in [5, 5.41) is 21.3. The molecule has 0 spiro atoms. The lowest BCUT2D eigenvalue weighted by molar-refractivity contribution is 0.282. The van der Waals surface area contributed by atoms with E-state index in [-0.39, 0.29) is 12.6 Å². The van der Waals surface area contributed by atoms with Gasteiger partial charge in [0, 0.05) is 17.7 Å². The van der Waals surface area contributed by atoms with Crippen LogP contribution in [-0.2, 0) is 0 Å². The molecule has 0 saturated carbocycles. The van der Waals surface area contributed by atoms with Crippen molar-refractivity contribution in [2.45, 2.75) is 19.4 Å². The zero-order valence-electron chi connectivity index (χ0n) is 8.50. The van der Waals surface area contributed by atoms with Crippen LogP contribution in [0.5, 0.6) is 0 Å². The van der Waals surface area contributed by atoms with E-state index in [2.05, 4.69) is 11.4 Å². The van der Waals surface area contributed by atoms with Crippen molar-refractivity contribution in [1.29, 1.82) is 5.26 Å². The number of rotatable bonds is 4. The van der Waals surface area contributed by atoms with Gasteiger partial charge in [-0.3, -0.25) is 0 Å². The maximum Gasteiger partial charge on any atom is 0.101 e. The molecule has 2 N–H and O–H groups in total. The molecule has 1 rings (SSSR count). The van der Waals surface area contributed by atoms with Gasteiger partial charge in [0.15, 0.2) is 0 Å². The van der Waals surface area contributed by atoms with Gasteiger partial charge in [0.05, 0.1) is 11.3 Å². The number of anilines is 1. The summed E-state index contributed by atoms with van der Waals surface area (Å²) in [6.07, 6.45) is 0.646. The third-order valence-corrected chi connectivity index (χ3v) is 2.30. The van der Waals surface area contributed by atoms with E-state index in [1.54, 1.807) is 18.2 Å². The van der Waals surface area contributed by atoms with Gasteiger partial charge in [-0.1, -0.05) is 11.6 Å². The Bertz CT molecular complexity index is 373. The molecule has 0 bridgehead atoms. The van der Waals surface area contributed by atoms with Crippen molar-refractivity contribution in [3.63, 3.8) is 0 Å². The topological polar surface area (TPSA) is 56.0 Å². The Hall–Kier alpha value is -1.24. The highest BCUT2D eigenvalue weighted by Crippen LogP contribution is 2.20. The van der Waals surface area contributed by atoms with Crippen LogP contribution < -0.4 is 5.32 Å². The molecule has 1 aromatic carbocycles. The monoisotopic (exact) mass is 224 g/mol. The van der Waals surface area contributed by atoms with Crippen LogP contribution in [0.2, 0.25) is 5.02 Å². The molecule has 0 amide bonds. The van der Waals surface area contributed by atoms with E-state index in [0.29, 0.717) is 17.0 Å². The highest BCUT2D eigenvalue weighted by molar-refractivity contribution is 6.30. The van der Waals surface area contributed by atoms with Crippen LogP contribution in [0, 0.1) is 11.3 Å². The maximum absolute atomic E-state index is 8.89. The van der Waals surface area contributed by atoms with E-state index in [1.807, 2.05) is 6.92 Å². The van der Waals surface area contributed by atoms with E-state index in [9.17, 15) is 0 Å². The number of halogens is 1. The molecular formula is C11H13ClN2O. The van der Waals surface area contributed by atoms with Gasteiger partial charge in [0.2, 0.25) is 0 Å². The van der Waals surface area contributed by atoms with Crippen molar-refractivity contribution in [3.05, 3.63) is 28.8 Å². The van der Waals surface area contributed by atoms with E-state index in [4.69, 9.17) is 22.0 Å². The summed E-state index contributed by atoms with van der Waals surface area (Å²) in [5.41, 5.74) is 1.27. The first-order chi connectivity index (χ1) is 7.17. The summed E-state index contributed by atoms with van der Waals surface area (Å²) >= 11 is 5.77. The van der Waals surface area contributed by atoms with Crippen LogP contribution in [0.4, 0.5) is 5.69 Å². The fourth-order valence-electron chi connectivity index (χ4n) is 1.27.